The SMILES string of the molecule is Brc1ccc(-c2cccc(-c3nc(-c4ccccc4)nc(-c4ccc(-c5ccccc5)cc4)n3)c2)cc1.Brc1ccc(I)cc1.CC1(C)OB(c2cccc(-c3nc(-c4ccccc4)nc(-c4ccc(-c5ccccc5)cc4)n3)c2)OC1(C)C. The van der Waals surface area contributed by atoms with Crippen molar-refractivity contribution in [2.24, 2.45) is 0 Å². The molecular weight excluding hydrogens is 1280 g/mol. The first kappa shape index (κ1) is 57.7. The molecule has 0 saturated carbocycles. The number of rotatable bonds is 10. The van der Waals surface area contributed by atoms with Crippen LogP contribution in [-0.4, -0.2) is 48.2 Å². The molecule has 1 aliphatic heterocycles. The predicted molar refractivity (Wildman–Crippen MR) is 359 cm³/mol. The van der Waals surface area contributed by atoms with Gasteiger partial charge in [-0.15, -0.1) is 0 Å². The summed E-state index contributed by atoms with van der Waals surface area (Å²) in [5, 5.41) is 0. The normalized spacial score (nSPS) is 13.0. The molecule has 0 unspecified atom stereocenters. The molecule has 0 atom stereocenters. The summed E-state index contributed by atoms with van der Waals surface area (Å²) in [5.41, 5.74) is 12.6. The molecule has 1 fully saturated rings. The van der Waals surface area contributed by atoms with E-state index in [0.29, 0.717) is 34.9 Å². The number of aromatic nitrogens is 6. The Balaban J connectivity index is 0.000000155. The fraction of sp³-hybridized carbons (Fsp3) is 0.0833. The topological polar surface area (TPSA) is 95.8 Å². The van der Waals surface area contributed by atoms with Crippen LogP contribution in [0.15, 0.2) is 276 Å². The van der Waals surface area contributed by atoms with Crippen LogP contribution in [0.25, 0.3) is 102 Å². The van der Waals surface area contributed by atoms with Gasteiger partial charge >= 0.3 is 7.12 Å². The van der Waals surface area contributed by atoms with E-state index >= 15 is 0 Å². The highest BCUT2D eigenvalue weighted by atomic mass is 127. The van der Waals surface area contributed by atoms with Gasteiger partial charge in [0.25, 0.3) is 0 Å². The second-order valence-electron chi connectivity index (χ2n) is 21.0. The molecule has 13 rings (SSSR count). The molecule has 0 amide bonds. The van der Waals surface area contributed by atoms with Crippen LogP contribution in [0.5, 0.6) is 0 Å². The van der Waals surface area contributed by atoms with E-state index in [1.165, 1.54) is 14.7 Å². The lowest BCUT2D eigenvalue weighted by atomic mass is 9.78. The number of hydrogen-bond acceptors (Lipinski definition) is 8. The van der Waals surface area contributed by atoms with Gasteiger partial charge in [0.15, 0.2) is 34.9 Å². The van der Waals surface area contributed by atoms with Gasteiger partial charge in [-0.05, 0) is 132 Å². The summed E-state index contributed by atoms with van der Waals surface area (Å²) in [4.78, 5) is 29.3. The van der Waals surface area contributed by atoms with Crippen LogP contribution < -0.4 is 5.46 Å². The van der Waals surface area contributed by atoms with Crippen LogP contribution in [0.4, 0.5) is 0 Å². The maximum Gasteiger partial charge on any atom is 0.494 e. The molecule has 0 aliphatic carbocycles. The maximum absolute atomic E-state index is 6.30. The summed E-state index contributed by atoms with van der Waals surface area (Å²) in [6, 6.07) is 90.4. The summed E-state index contributed by atoms with van der Waals surface area (Å²) in [5.74, 6) is 3.81. The maximum atomic E-state index is 6.30. The fourth-order valence-corrected chi connectivity index (χ4v) is 10.2. The highest BCUT2D eigenvalue weighted by molar-refractivity contribution is 14.1. The minimum atomic E-state index is -0.463. The van der Waals surface area contributed by atoms with Crippen LogP contribution in [0.1, 0.15) is 27.7 Å². The average Bonchev–Trinajstić information content (AvgIpc) is 4.00. The molecule has 10 aromatic carbocycles. The molecule has 84 heavy (non-hydrogen) atoms. The second-order valence-corrected chi connectivity index (χ2v) is 24.0. The molecule has 0 bridgehead atoms. The highest BCUT2D eigenvalue weighted by Gasteiger charge is 2.51. The number of hydrogen-bond donors (Lipinski definition) is 0. The Bertz CT molecular complexity index is 4110. The molecule has 12 heteroatoms. The van der Waals surface area contributed by atoms with Crippen molar-refractivity contribution in [2.45, 2.75) is 38.9 Å². The molecule has 0 radical (unpaired) electrons. The fourth-order valence-electron chi connectivity index (χ4n) is 9.30. The molecule has 1 saturated heterocycles. The Kier molecular flexibility index (Phi) is 18.0. The second kappa shape index (κ2) is 26.2. The highest BCUT2D eigenvalue weighted by Crippen LogP contribution is 2.37. The van der Waals surface area contributed by atoms with Crippen molar-refractivity contribution < 1.29 is 9.31 Å². The van der Waals surface area contributed by atoms with E-state index in [1.54, 1.807) is 0 Å². The third-order valence-electron chi connectivity index (χ3n) is 14.6. The van der Waals surface area contributed by atoms with Gasteiger partial charge in [0.1, 0.15) is 0 Å². The van der Waals surface area contributed by atoms with Gasteiger partial charge < -0.3 is 9.31 Å². The van der Waals surface area contributed by atoms with Gasteiger partial charge in [-0.1, -0.05) is 256 Å². The van der Waals surface area contributed by atoms with Gasteiger partial charge in [-0.2, -0.15) is 0 Å². The Morgan fingerprint density at radius 1 is 0.286 bits per heavy atom. The van der Waals surface area contributed by atoms with Crippen molar-refractivity contribution >= 4 is 67.0 Å². The molecule has 0 N–H and O–H groups in total. The van der Waals surface area contributed by atoms with Crippen molar-refractivity contribution in [3.05, 3.63) is 279 Å². The van der Waals surface area contributed by atoms with Crippen LogP contribution in [0.2, 0.25) is 0 Å². The van der Waals surface area contributed by atoms with Gasteiger partial charge in [-0.3, -0.25) is 0 Å². The predicted octanol–water partition coefficient (Wildman–Crippen LogP) is 18.9. The zero-order valence-electron chi connectivity index (χ0n) is 46.6. The number of halogens is 3. The van der Waals surface area contributed by atoms with E-state index in [2.05, 4.69) is 228 Å². The molecular formula is C72H56BBr2IN6O2. The van der Waals surface area contributed by atoms with Crippen molar-refractivity contribution in [3.8, 4) is 102 Å². The lowest BCUT2D eigenvalue weighted by molar-refractivity contribution is 0.00578. The molecule has 8 nitrogen and oxygen atoms in total. The van der Waals surface area contributed by atoms with Crippen LogP contribution in [0, 0.1) is 3.57 Å². The first-order valence-electron chi connectivity index (χ1n) is 27.5. The average molecular weight is 1330 g/mol. The van der Waals surface area contributed by atoms with Gasteiger partial charge in [0, 0.05) is 45.9 Å². The Morgan fingerprint density at radius 2 is 0.548 bits per heavy atom. The van der Waals surface area contributed by atoms with Crippen molar-refractivity contribution in [1.29, 1.82) is 0 Å². The summed E-state index contributed by atoms with van der Waals surface area (Å²) in [6.45, 7) is 8.24. The standard InChI is InChI=1S/C33H30BN3O2.C33H22BrN3.C6H4BrI/c1-32(2)33(3,4)39-34(38-32)28-17-11-16-27(22-28)31-36-29(25-14-9-6-10-15-25)35-30(37-31)26-20-18-24(19-21-26)23-12-7-5-8-13-23;34-30-20-18-25(19-21-30)28-12-7-13-29(22-28)33-36-31(26-10-5-2-6-11-26)35-32(37-33)27-16-14-24(15-17-27)23-8-3-1-4-9-23;7-5-1-3-6(8)4-2-5/h5-22H,1-4H3;1-22H;1-4H. The summed E-state index contributed by atoms with van der Waals surface area (Å²) >= 11 is 9.14. The molecule has 410 valence electrons. The Labute approximate surface area is 522 Å². The minimum absolute atomic E-state index is 0.416. The third-order valence-corrected chi connectivity index (χ3v) is 16.4. The van der Waals surface area contributed by atoms with Crippen LogP contribution >= 0.6 is 54.5 Å². The number of nitrogens with zero attached hydrogens (tertiary/aromatic N) is 6. The molecule has 1 aliphatic rings. The largest absolute Gasteiger partial charge is 0.494 e. The lowest BCUT2D eigenvalue weighted by Crippen LogP contribution is -2.41. The van der Waals surface area contributed by atoms with Crippen LogP contribution in [0.3, 0.4) is 0 Å². The van der Waals surface area contributed by atoms with Crippen molar-refractivity contribution in [1.82, 2.24) is 29.9 Å². The van der Waals surface area contributed by atoms with E-state index in [-0.39, 0.29) is 0 Å². The van der Waals surface area contributed by atoms with E-state index in [1.807, 2.05) is 121 Å². The van der Waals surface area contributed by atoms with Gasteiger partial charge in [0.05, 0.1) is 11.2 Å². The smallest absolute Gasteiger partial charge is 0.399 e. The first-order valence-corrected chi connectivity index (χ1v) is 30.2. The molecule has 3 heterocycles. The number of benzene rings is 10. The van der Waals surface area contributed by atoms with Crippen molar-refractivity contribution in [3.63, 3.8) is 0 Å². The van der Waals surface area contributed by atoms with E-state index < -0.39 is 18.3 Å². The third kappa shape index (κ3) is 14.1. The first-order chi connectivity index (χ1) is 40.8. The summed E-state index contributed by atoms with van der Waals surface area (Å²) < 4.78 is 16.1. The van der Waals surface area contributed by atoms with Gasteiger partial charge in [0.2, 0.25) is 0 Å². The van der Waals surface area contributed by atoms with E-state index in [4.69, 9.17) is 39.2 Å². The zero-order chi connectivity index (χ0) is 58.0. The van der Waals surface area contributed by atoms with Gasteiger partial charge in [-0.25, -0.2) is 29.9 Å². The van der Waals surface area contributed by atoms with Crippen LogP contribution in [-0.2, 0) is 9.31 Å². The zero-order valence-corrected chi connectivity index (χ0v) is 51.9. The summed E-state index contributed by atoms with van der Waals surface area (Å²) in [7, 11) is -0.463. The minimum Gasteiger partial charge on any atom is -0.399 e. The quantitative estimate of drug-likeness (QED) is 0.0987. The van der Waals surface area contributed by atoms with Crippen molar-refractivity contribution in [2.75, 3.05) is 0 Å². The van der Waals surface area contributed by atoms with E-state index in [0.717, 1.165) is 70.0 Å². The molecule has 0 spiro atoms. The monoisotopic (exact) mass is 1330 g/mol. The van der Waals surface area contributed by atoms with E-state index in [9.17, 15) is 0 Å². The Morgan fingerprint density at radius 3 is 0.940 bits per heavy atom. The Hall–Kier alpha value is -8.11. The molecule has 2 aromatic heterocycles. The lowest BCUT2D eigenvalue weighted by Gasteiger charge is -2.32. The molecule has 12 aromatic rings. The summed E-state index contributed by atoms with van der Waals surface area (Å²) in [6.07, 6.45) is 0.